The van der Waals surface area contributed by atoms with Crippen LogP contribution in [0.1, 0.15) is 16.7 Å². The van der Waals surface area contributed by atoms with Crippen molar-refractivity contribution in [2.24, 2.45) is 0 Å². The second kappa shape index (κ2) is 7.84. The van der Waals surface area contributed by atoms with Crippen molar-refractivity contribution < 1.29 is 29.9 Å². The average Bonchev–Trinajstić information content (AvgIpc) is 2.68. The first-order chi connectivity index (χ1) is 12.5. The van der Waals surface area contributed by atoms with E-state index in [9.17, 15) is 20.4 Å². The maximum atomic E-state index is 10.6. The molecule has 26 heavy (non-hydrogen) atoms. The third kappa shape index (κ3) is 3.40. The van der Waals surface area contributed by atoms with Crippen LogP contribution in [-0.2, 0) is 21.7 Å². The van der Waals surface area contributed by atoms with Crippen LogP contribution in [0.4, 0.5) is 0 Å². The molecule has 1 aliphatic heterocycles. The maximum absolute atomic E-state index is 10.6. The van der Waals surface area contributed by atoms with Gasteiger partial charge in [-0.3, -0.25) is 0 Å². The summed E-state index contributed by atoms with van der Waals surface area (Å²) in [6.45, 7) is -0.514. The zero-order chi connectivity index (χ0) is 18.7. The standard InChI is InChI=1S/C20H24O6/c1-25-20(19(24)18(23)17(22)16(12-21)26-20)15-9-5-8-14(11-15)10-13-6-3-2-4-7-13/h2-9,11,16-19,21-24H,10,12H2,1H3/t16-,17-,18+,19-,20+/m1/s1. The first kappa shape index (κ1) is 19.0. The van der Waals surface area contributed by atoms with Crippen molar-refractivity contribution in [2.75, 3.05) is 13.7 Å². The SMILES string of the molecule is CO[C@@]1(c2cccc(Cc3ccccc3)c2)O[C@H](CO)[C@@H](O)[C@H](O)[C@H]1O. The van der Waals surface area contributed by atoms with Gasteiger partial charge in [0, 0.05) is 12.7 Å². The van der Waals surface area contributed by atoms with Gasteiger partial charge < -0.3 is 29.9 Å². The van der Waals surface area contributed by atoms with Crippen molar-refractivity contribution in [3.63, 3.8) is 0 Å². The van der Waals surface area contributed by atoms with Crippen LogP contribution in [0.3, 0.4) is 0 Å². The zero-order valence-corrected chi connectivity index (χ0v) is 14.5. The molecule has 0 saturated carbocycles. The Morgan fingerprint density at radius 3 is 2.31 bits per heavy atom. The van der Waals surface area contributed by atoms with Gasteiger partial charge in [-0.15, -0.1) is 0 Å². The Morgan fingerprint density at radius 1 is 0.962 bits per heavy atom. The fraction of sp³-hybridized carbons (Fsp3) is 0.400. The zero-order valence-electron chi connectivity index (χ0n) is 14.5. The lowest BCUT2D eigenvalue weighted by molar-refractivity contribution is -0.366. The minimum atomic E-state index is -1.68. The molecule has 140 valence electrons. The maximum Gasteiger partial charge on any atom is 0.224 e. The van der Waals surface area contributed by atoms with E-state index in [4.69, 9.17) is 9.47 Å². The molecule has 2 aromatic carbocycles. The van der Waals surface area contributed by atoms with Gasteiger partial charge in [0.1, 0.15) is 24.4 Å². The Labute approximate surface area is 152 Å². The third-order valence-electron chi connectivity index (χ3n) is 4.83. The third-order valence-corrected chi connectivity index (χ3v) is 4.83. The number of rotatable bonds is 5. The molecule has 4 N–H and O–H groups in total. The van der Waals surface area contributed by atoms with Crippen LogP contribution in [0, 0.1) is 0 Å². The smallest absolute Gasteiger partial charge is 0.224 e. The van der Waals surface area contributed by atoms with Crippen LogP contribution in [0.15, 0.2) is 54.6 Å². The number of benzene rings is 2. The molecule has 1 aliphatic rings. The van der Waals surface area contributed by atoms with Crippen LogP contribution >= 0.6 is 0 Å². The topological polar surface area (TPSA) is 99.4 Å². The Balaban J connectivity index is 1.95. The van der Waals surface area contributed by atoms with Gasteiger partial charge in [0.15, 0.2) is 0 Å². The lowest BCUT2D eigenvalue weighted by Gasteiger charge is -2.47. The minimum absolute atomic E-state index is 0.505. The predicted octanol–water partition coefficient (Wildman–Crippen LogP) is 0.550. The normalized spacial score (nSPS) is 31.7. The van der Waals surface area contributed by atoms with E-state index in [-0.39, 0.29) is 0 Å². The molecule has 5 atom stereocenters. The number of aliphatic hydroxyl groups excluding tert-OH is 4. The lowest BCUT2D eigenvalue weighted by atomic mass is 9.87. The predicted molar refractivity (Wildman–Crippen MR) is 94.4 cm³/mol. The molecule has 0 unspecified atom stereocenters. The number of methoxy groups -OCH3 is 1. The van der Waals surface area contributed by atoms with E-state index < -0.39 is 36.8 Å². The summed E-state index contributed by atoms with van der Waals surface area (Å²) in [5, 5.41) is 40.2. The first-order valence-electron chi connectivity index (χ1n) is 8.53. The summed E-state index contributed by atoms with van der Waals surface area (Å²) in [6.07, 6.45) is -4.84. The van der Waals surface area contributed by atoms with Crippen LogP contribution < -0.4 is 0 Å². The fourth-order valence-corrected chi connectivity index (χ4v) is 3.40. The van der Waals surface area contributed by atoms with Crippen LogP contribution in [0.2, 0.25) is 0 Å². The quantitative estimate of drug-likeness (QED) is 0.622. The summed E-state index contributed by atoms with van der Waals surface area (Å²) in [6, 6.07) is 17.2. The Bertz CT molecular complexity index is 719. The Kier molecular flexibility index (Phi) is 5.72. The molecule has 6 heteroatoms. The molecular weight excluding hydrogens is 336 g/mol. The first-order valence-corrected chi connectivity index (χ1v) is 8.53. The second-order valence-corrected chi connectivity index (χ2v) is 6.50. The molecule has 0 bridgehead atoms. The summed E-state index contributed by atoms with van der Waals surface area (Å²) in [4.78, 5) is 0. The van der Waals surface area contributed by atoms with E-state index in [2.05, 4.69) is 0 Å². The molecule has 0 amide bonds. The van der Waals surface area contributed by atoms with Crippen LogP contribution in [-0.4, -0.2) is 58.6 Å². The highest BCUT2D eigenvalue weighted by Gasteiger charge is 2.55. The summed E-state index contributed by atoms with van der Waals surface area (Å²) >= 11 is 0. The Morgan fingerprint density at radius 2 is 1.65 bits per heavy atom. The van der Waals surface area contributed by atoms with Crippen molar-refractivity contribution in [1.29, 1.82) is 0 Å². The minimum Gasteiger partial charge on any atom is -0.394 e. The number of hydrogen-bond acceptors (Lipinski definition) is 6. The highest BCUT2D eigenvalue weighted by atomic mass is 16.7. The highest BCUT2D eigenvalue weighted by molar-refractivity contribution is 5.33. The summed E-state index contributed by atoms with van der Waals surface area (Å²) < 4.78 is 11.2. The van der Waals surface area contributed by atoms with E-state index in [0.29, 0.717) is 12.0 Å². The summed E-state index contributed by atoms with van der Waals surface area (Å²) in [5.74, 6) is -1.68. The molecule has 6 nitrogen and oxygen atoms in total. The van der Waals surface area contributed by atoms with E-state index in [1.54, 1.807) is 6.07 Å². The van der Waals surface area contributed by atoms with E-state index in [1.165, 1.54) is 7.11 Å². The van der Waals surface area contributed by atoms with E-state index in [1.807, 2.05) is 48.5 Å². The van der Waals surface area contributed by atoms with Crippen molar-refractivity contribution >= 4 is 0 Å². The number of hydrogen-bond donors (Lipinski definition) is 4. The van der Waals surface area contributed by atoms with Gasteiger partial charge in [0.2, 0.25) is 5.79 Å². The largest absolute Gasteiger partial charge is 0.394 e. The van der Waals surface area contributed by atoms with Gasteiger partial charge in [-0.05, 0) is 23.6 Å². The number of ether oxygens (including phenoxy) is 2. The summed E-state index contributed by atoms with van der Waals surface area (Å²) in [5.41, 5.74) is 2.61. The van der Waals surface area contributed by atoms with Crippen LogP contribution in [0.5, 0.6) is 0 Å². The van der Waals surface area contributed by atoms with Crippen molar-refractivity contribution in [2.45, 2.75) is 36.6 Å². The molecule has 0 aliphatic carbocycles. The van der Waals surface area contributed by atoms with Gasteiger partial charge in [0.05, 0.1) is 6.61 Å². The average molecular weight is 360 g/mol. The van der Waals surface area contributed by atoms with E-state index >= 15 is 0 Å². The lowest BCUT2D eigenvalue weighted by Crippen LogP contribution is -2.64. The molecule has 1 heterocycles. The second-order valence-electron chi connectivity index (χ2n) is 6.50. The van der Waals surface area contributed by atoms with Crippen molar-refractivity contribution in [3.8, 4) is 0 Å². The molecule has 1 fully saturated rings. The van der Waals surface area contributed by atoms with Crippen LogP contribution in [0.25, 0.3) is 0 Å². The van der Waals surface area contributed by atoms with Gasteiger partial charge in [0.25, 0.3) is 0 Å². The van der Waals surface area contributed by atoms with Gasteiger partial charge in [-0.1, -0.05) is 48.5 Å². The molecule has 0 spiro atoms. The molecule has 0 radical (unpaired) electrons. The molecule has 0 aromatic heterocycles. The fourth-order valence-electron chi connectivity index (χ4n) is 3.40. The highest BCUT2D eigenvalue weighted by Crippen LogP contribution is 2.39. The monoisotopic (exact) mass is 360 g/mol. The van der Waals surface area contributed by atoms with Crippen molar-refractivity contribution in [1.82, 2.24) is 0 Å². The number of aliphatic hydroxyl groups is 4. The van der Waals surface area contributed by atoms with Gasteiger partial charge in [-0.25, -0.2) is 0 Å². The molecular formula is C20H24O6. The van der Waals surface area contributed by atoms with Gasteiger partial charge >= 0.3 is 0 Å². The molecule has 3 rings (SSSR count). The van der Waals surface area contributed by atoms with Crippen molar-refractivity contribution in [3.05, 3.63) is 71.3 Å². The molecule has 1 saturated heterocycles. The van der Waals surface area contributed by atoms with E-state index in [0.717, 1.165) is 11.1 Å². The summed E-state index contributed by atoms with van der Waals surface area (Å²) in [7, 11) is 1.35. The Hall–Kier alpha value is -1.80. The van der Waals surface area contributed by atoms with Gasteiger partial charge in [-0.2, -0.15) is 0 Å². The molecule has 2 aromatic rings.